The van der Waals surface area contributed by atoms with Gasteiger partial charge in [0.05, 0.1) is 40.8 Å². The smallest absolute Gasteiger partial charge is 0.353 e. The molecule has 0 saturated carbocycles. The molecule has 1 atom stereocenters. The van der Waals surface area contributed by atoms with E-state index in [9.17, 15) is 10.1 Å². The zero-order chi connectivity index (χ0) is 21.1. The van der Waals surface area contributed by atoms with Gasteiger partial charge in [-0.15, -0.1) is 0 Å². The highest BCUT2D eigenvalue weighted by molar-refractivity contribution is 6.33. The van der Waals surface area contributed by atoms with Gasteiger partial charge in [-0.1, -0.05) is 23.7 Å². The van der Waals surface area contributed by atoms with E-state index in [0.29, 0.717) is 16.3 Å². The van der Waals surface area contributed by atoms with Crippen LogP contribution in [0.3, 0.4) is 0 Å². The molecule has 8 heteroatoms. The van der Waals surface area contributed by atoms with Crippen molar-refractivity contribution in [1.82, 2.24) is 0 Å². The number of nitro benzene ring substituents is 1. The first-order valence-corrected chi connectivity index (χ1v) is 9.42. The molecule has 2 aliphatic heterocycles. The van der Waals surface area contributed by atoms with Crippen LogP contribution in [0.5, 0.6) is 17.2 Å². The van der Waals surface area contributed by atoms with E-state index in [2.05, 4.69) is 13.8 Å². The number of ether oxygens (including phenoxy) is 3. The van der Waals surface area contributed by atoms with Crippen LogP contribution < -0.4 is 19.1 Å². The Morgan fingerprint density at radius 3 is 2.55 bits per heavy atom. The van der Waals surface area contributed by atoms with Gasteiger partial charge < -0.3 is 19.1 Å². The minimum atomic E-state index is -0.876. The Balaban J connectivity index is 1.94. The van der Waals surface area contributed by atoms with Crippen LogP contribution in [0.1, 0.15) is 25.0 Å². The summed E-state index contributed by atoms with van der Waals surface area (Å²) in [7, 11) is 4.69. The van der Waals surface area contributed by atoms with Gasteiger partial charge in [-0.25, -0.2) is 0 Å². The van der Waals surface area contributed by atoms with E-state index in [1.54, 1.807) is 0 Å². The molecule has 1 spiro atoms. The van der Waals surface area contributed by atoms with E-state index < -0.39 is 16.1 Å². The lowest BCUT2D eigenvalue weighted by Crippen LogP contribution is -2.58. The van der Waals surface area contributed by atoms with E-state index in [4.69, 9.17) is 25.8 Å². The van der Waals surface area contributed by atoms with Crippen LogP contribution in [0.15, 0.2) is 30.3 Å². The average molecular weight is 417 g/mol. The maximum Gasteiger partial charge on any atom is 0.353 e. The molecule has 7 nitrogen and oxygen atoms in total. The van der Waals surface area contributed by atoms with Crippen LogP contribution in [0.25, 0.3) is 6.08 Å². The average Bonchev–Trinajstić information content (AvgIpc) is 2.85. The summed E-state index contributed by atoms with van der Waals surface area (Å²) >= 11 is 6.51. The quantitative estimate of drug-likeness (QED) is 0.528. The van der Waals surface area contributed by atoms with Crippen molar-refractivity contribution in [2.45, 2.75) is 25.0 Å². The number of methoxy groups -OCH3 is 2. The lowest BCUT2D eigenvalue weighted by Gasteiger charge is -2.45. The third kappa shape index (κ3) is 2.37. The highest BCUT2D eigenvalue weighted by Gasteiger charge is 2.58. The number of halogens is 1. The molecular formula is C21H21ClN2O5. The van der Waals surface area contributed by atoms with Crippen LogP contribution >= 0.6 is 11.6 Å². The van der Waals surface area contributed by atoms with E-state index in [1.165, 1.54) is 20.3 Å². The number of anilines is 1. The molecule has 0 bridgehead atoms. The van der Waals surface area contributed by atoms with Gasteiger partial charge in [0.15, 0.2) is 0 Å². The number of likely N-dealkylation sites (N-methyl/N-ethyl adjacent to an activating group) is 1. The highest BCUT2D eigenvalue weighted by Crippen LogP contribution is 2.58. The molecule has 29 heavy (non-hydrogen) atoms. The summed E-state index contributed by atoms with van der Waals surface area (Å²) in [6, 6.07) is 7.35. The van der Waals surface area contributed by atoms with Gasteiger partial charge in [-0.3, -0.25) is 10.1 Å². The number of rotatable bonds is 3. The molecule has 1 unspecified atom stereocenters. The van der Waals surface area contributed by atoms with Crippen molar-refractivity contribution in [3.8, 4) is 17.2 Å². The monoisotopic (exact) mass is 416 g/mol. The van der Waals surface area contributed by atoms with Gasteiger partial charge in [0.2, 0.25) is 17.2 Å². The maximum absolute atomic E-state index is 11.6. The lowest BCUT2D eigenvalue weighted by atomic mass is 9.76. The van der Waals surface area contributed by atoms with E-state index in [-0.39, 0.29) is 17.2 Å². The Morgan fingerprint density at radius 1 is 1.24 bits per heavy atom. The van der Waals surface area contributed by atoms with Gasteiger partial charge in [0.25, 0.3) is 0 Å². The second-order valence-corrected chi connectivity index (χ2v) is 7.99. The highest BCUT2D eigenvalue weighted by atomic mass is 35.5. The molecule has 0 fully saturated rings. The van der Waals surface area contributed by atoms with Crippen LogP contribution in [0, 0.1) is 10.1 Å². The van der Waals surface area contributed by atoms with Crippen molar-refractivity contribution in [3.05, 3.63) is 56.6 Å². The molecule has 0 aromatic heterocycles. The van der Waals surface area contributed by atoms with Crippen LogP contribution in [0.2, 0.25) is 5.02 Å². The van der Waals surface area contributed by atoms with Crippen molar-refractivity contribution in [1.29, 1.82) is 0 Å². The Kier molecular flexibility index (Phi) is 4.20. The van der Waals surface area contributed by atoms with E-state index >= 15 is 0 Å². The summed E-state index contributed by atoms with van der Waals surface area (Å²) in [4.78, 5) is 13.1. The number of nitrogens with zero attached hydrogens (tertiary/aromatic N) is 2. The molecule has 0 aliphatic carbocycles. The maximum atomic E-state index is 11.6. The van der Waals surface area contributed by atoms with Gasteiger partial charge >= 0.3 is 5.69 Å². The second kappa shape index (κ2) is 6.29. The fourth-order valence-electron chi connectivity index (χ4n) is 4.45. The molecule has 2 aromatic carbocycles. The molecule has 0 amide bonds. The third-order valence-corrected chi connectivity index (χ3v) is 6.26. The van der Waals surface area contributed by atoms with Crippen LogP contribution in [-0.4, -0.2) is 31.9 Å². The molecule has 2 aliphatic rings. The first-order valence-electron chi connectivity index (χ1n) is 9.04. The van der Waals surface area contributed by atoms with Crippen molar-refractivity contribution < 1.29 is 19.1 Å². The zero-order valence-electron chi connectivity index (χ0n) is 16.8. The van der Waals surface area contributed by atoms with Gasteiger partial charge in [0.1, 0.15) is 5.75 Å². The molecule has 2 aromatic rings. The first-order chi connectivity index (χ1) is 13.7. The summed E-state index contributed by atoms with van der Waals surface area (Å²) < 4.78 is 17.2. The van der Waals surface area contributed by atoms with Crippen LogP contribution in [0.4, 0.5) is 11.4 Å². The topological polar surface area (TPSA) is 74.1 Å². The summed E-state index contributed by atoms with van der Waals surface area (Å²) in [6.07, 6.45) is 3.71. The molecule has 4 rings (SSSR count). The van der Waals surface area contributed by atoms with Crippen molar-refractivity contribution in [3.63, 3.8) is 0 Å². The molecular weight excluding hydrogens is 396 g/mol. The molecule has 0 radical (unpaired) electrons. The van der Waals surface area contributed by atoms with Gasteiger partial charge in [-0.2, -0.15) is 0 Å². The number of nitro groups is 1. The van der Waals surface area contributed by atoms with Gasteiger partial charge in [0, 0.05) is 13.1 Å². The van der Waals surface area contributed by atoms with E-state index in [0.717, 1.165) is 11.3 Å². The Bertz CT molecular complexity index is 1070. The molecule has 152 valence electrons. The first kappa shape index (κ1) is 19.4. The van der Waals surface area contributed by atoms with Crippen molar-refractivity contribution in [2.75, 3.05) is 26.2 Å². The number of hydrogen-bond donors (Lipinski definition) is 0. The minimum Gasteiger partial charge on any atom is -0.490 e. The predicted molar refractivity (Wildman–Crippen MR) is 111 cm³/mol. The SMILES string of the molecule is COc1cc2c(c(OC)c1[N+](=O)[O-])C=CC1(O2)N(C)c2c(Cl)cccc2C1(C)C. The zero-order valence-corrected chi connectivity index (χ0v) is 17.5. The summed E-state index contributed by atoms with van der Waals surface area (Å²) in [5, 5.41) is 12.2. The standard InChI is InChI=1S/C21H21ClN2O5/c1-20(2)13-7-6-8-14(22)17(13)23(3)21(20)10-9-12-15(29-21)11-16(27-4)18(24(25)26)19(12)28-5/h6-11H,1-5H3. The fourth-order valence-corrected chi connectivity index (χ4v) is 4.75. The largest absolute Gasteiger partial charge is 0.490 e. The van der Waals surface area contributed by atoms with E-state index in [1.807, 2.05) is 42.3 Å². The Hall–Kier alpha value is -2.93. The fraction of sp³-hybridized carbons (Fsp3) is 0.333. The predicted octanol–water partition coefficient (Wildman–Crippen LogP) is 4.79. The number of para-hydroxylation sites is 1. The minimum absolute atomic E-state index is 0.0741. The molecule has 0 N–H and O–H groups in total. The lowest BCUT2D eigenvalue weighted by molar-refractivity contribution is -0.386. The second-order valence-electron chi connectivity index (χ2n) is 7.58. The summed E-state index contributed by atoms with van der Waals surface area (Å²) in [5.41, 5.74) is 0.882. The third-order valence-electron chi connectivity index (χ3n) is 5.96. The van der Waals surface area contributed by atoms with Crippen molar-refractivity contribution in [2.24, 2.45) is 0 Å². The summed E-state index contributed by atoms with van der Waals surface area (Å²) in [5.74, 6) is 0.616. The Labute approximate surface area is 173 Å². The van der Waals surface area contributed by atoms with Gasteiger partial charge in [-0.05, 0) is 37.6 Å². The van der Waals surface area contributed by atoms with Crippen LogP contribution in [-0.2, 0) is 5.41 Å². The summed E-state index contributed by atoms with van der Waals surface area (Å²) in [6.45, 7) is 4.17. The number of hydrogen-bond acceptors (Lipinski definition) is 6. The Morgan fingerprint density at radius 2 is 1.97 bits per heavy atom. The number of fused-ring (bicyclic) bond motifs is 2. The normalized spacial score (nSPS) is 20.8. The molecule has 2 heterocycles. The number of benzene rings is 2. The van der Waals surface area contributed by atoms with Crippen molar-refractivity contribution >= 4 is 29.1 Å². The molecule has 0 saturated heterocycles.